The molecule has 26 heavy (non-hydrogen) atoms. The van der Waals surface area contributed by atoms with Crippen molar-refractivity contribution in [3.05, 3.63) is 41.6 Å². The lowest BCUT2D eigenvalue weighted by atomic mass is 10.0. The number of hydrogen-bond acceptors (Lipinski definition) is 6. The van der Waals surface area contributed by atoms with Crippen LogP contribution in [0.3, 0.4) is 0 Å². The van der Waals surface area contributed by atoms with Gasteiger partial charge in [0.1, 0.15) is 12.1 Å². The summed E-state index contributed by atoms with van der Waals surface area (Å²) in [5.74, 6) is 0.256. The number of halogens is 1. The highest BCUT2D eigenvalue weighted by molar-refractivity contribution is 6.13. The van der Waals surface area contributed by atoms with Gasteiger partial charge in [0.15, 0.2) is 11.6 Å². The molecule has 1 aromatic heterocycles. The van der Waals surface area contributed by atoms with Crippen molar-refractivity contribution in [3.63, 3.8) is 0 Å². The van der Waals surface area contributed by atoms with Crippen molar-refractivity contribution < 1.29 is 9.13 Å². The van der Waals surface area contributed by atoms with Crippen molar-refractivity contribution in [2.45, 2.75) is 39.7 Å². The first-order chi connectivity index (χ1) is 12.3. The zero-order valence-corrected chi connectivity index (χ0v) is 15.7. The molecule has 7 heteroatoms. The molecule has 0 aliphatic rings. The second-order valence-electron chi connectivity index (χ2n) is 6.45. The van der Waals surface area contributed by atoms with Gasteiger partial charge in [0, 0.05) is 37.0 Å². The van der Waals surface area contributed by atoms with Gasteiger partial charge in [0.2, 0.25) is 0 Å². The minimum Gasteiger partial charge on any atom is -0.488 e. The Morgan fingerprint density at radius 3 is 2.69 bits per heavy atom. The largest absolute Gasteiger partial charge is 0.488 e. The molecule has 2 rings (SSSR count). The number of nitrogens with one attached hydrogen (secondary N) is 1. The zero-order chi connectivity index (χ0) is 19.3. The standard InChI is InChI=1S/C19H26FN5O/c1-5-6-7-25(4)18-10-16(23-11-24-18)19(22)13-8-17(26-12(2)3)14(20)9-15(13)21/h8-12,22H,5-7,21H2,1-4H3. The molecule has 0 fully saturated rings. The van der Waals surface area contributed by atoms with E-state index < -0.39 is 5.82 Å². The maximum absolute atomic E-state index is 14.0. The van der Waals surface area contributed by atoms with E-state index in [0.717, 1.165) is 25.2 Å². The Kier molecular flexibility index (Phi) is 6.49. The van der Waals surface area contributed by atoms with Crippen molar-refractivity contribution in [2.75, 3.05) is 24.2 Å². The Hall–Kier alpha value is -2.70. The topological polar surface area (TPSA) is 88.1 Å². The molecule has 0 saturated heterocycles. The second-order valence-corrected chi connectivity index (χ2v) is 6.45. The quantitative estimate of drug-likeness (QED) is 0.555. The molecule has 1 aromatic carbocycles. The molecule has 0 spiro atoms. The molecule has 0 aliphatic heterocycles. The first-order valence-corrected chi connectivity index (χ1v) is 8.71. The van der Waals surface area contributed by atoms with Crippen LogP contribution < -0.4 is 15.4 Å². The van der Waals surface area contributed by atoms with Crippen LogP contribution in [0.1, 0.15) is 44.9 Å². The van der Waals surface area contributed by atoms with Crippen molar-refractivity contribution in [1.29, 1.82) is 5.41 Å². The van der Waals surface area contributed by atoms with E-state index in [9.17, 15) is 4.39 Å². The molecule has 6 nitrogen and oxygen atoms in total. The molecule has 0 aliphatic carbocycles. The van der Waals surface area contributed by atoms with E-state index in [2.05, 4.69) is 16.9 Å². The molecule has 0 saturated carbocycles. The fourth-order valence-corrected chi connectivity index (χ4v) is 2.47. The highest BCUT2D eigenvalue weighted by Gasteiger charge is 2.17. The molecule has 0 amide bonds. The number of nitrogens with two attached hydrogens (primary N) is 1. The number of anilines is 2. The summed E-state index contributed by atoms with van der Waals surface area (Å²) in [7, 11) is 1.95. The summed E-state index contributed by atoms with van der Waals surface area (Å²) in [6, 6.07) is 4.37. The molecule has 2 aromatic rings. The van der Waals surface area contributed by atoms with Crippen LogP contribution in [0.25, 0.3) is 0 Å². The van der Waals surface area contributed by atoms with E-state index in [-0.39, 0.29) is 23.3 Å². The summed E-state index contributed by atoms with van der Waals surface area (Å²) >= 11 is 0. The van der Waals surface area contributed by atoms with Crippen molar-refractivity contribution in [3.8, 4) is 5.75 Å². The third-order valence-electron chi connectivity index (χ3n) is 3.88. The van der Waals surface area contributed by atoms with E-state index >= 15 is 0 Å². The molecule has 0 bridgehead atoms. The first-order valence-electron chi connectivity index (χ1n) is 8.71. The molecule has 0 atom stereocenters. The van der Waals surface area contributed by atoms with Gasteiger partial charge in [-0.1, -0.05) is 13.3 Å². The predicted molar refractivity (Wildman–Crippen MR) is 103 cm³/mol. The fourth-order valence-electron chi connectivity index (χ4n) is 2.47. The van der Waals surface area contributed by atoms with E-state index in [1.165, 1.54) is 18.5 Å². The SMILES string of the molecule is CCCCN(C)c1cc(C(=N)c2cc(OC(C)C)c(F)cc2N)ncn1. The van der Waals surface area contributed by atoms with Gasteiger partial charge in [0.05, 0.1) is 17.5 Å². The number of nitrogen functional groups attached to an aromatic ring is 1. The number of nitrogens with zero attached hydrogens (tertiary/aromatic N) is 3. The fraction of sp³-hybridized carbons (Fsp3) is 0.421. The van der Waals surface area contributed by atoms with Crippen LogP contribution in [0.5, 0.6) is 5.75 Å². The third-order valence-corrected chi connectivity index (χ3v) is 3.88. The van der Waals surface area contributed by atoms with Gasteiger partial charge < -0.3 is 15.4 Å². The Bertz CT molecular complexity index is 779. The zero-order valence-electron chi connectivity index (χ0n) is 15.7. The average molecular weight is 359 g/mol. The summed E-state index contributed by atoms with van der Waals surface area (Å²) in [5.41, 5.74) is 7.00. The van der Waals surface area contributed by atoms with E-state index in [1.54, 1.807) is 6.07 Å². The third kappa shape index (κ3) is 4.68. The monoisotopic (exact) mass is 359 g/mol. The van der Waals surface area contributed by atoms with Crippen LogP contribution in [-0.4, -0.2) is 35.4 Å². The van der Waals surface area contributed by atoms with Crippen LogP contribution in [0.4, 0.5) is 15.9 Å². The van der Waals surface area contributed by atoms with Crippen molar-refractivity contribution >= 4 is 17.2 Å². The van der Waals surface area contributed by atoms with Crippen LogP contribution in [0.2, 0.25) is 0 Å². The van der Waals surface area contributed by atoms with Crippen LogP contribution in [-0.2, 0) is 0 Å². The van der Waals surface area contributed by atoms with Gasteiger partial charge in [-0.3, -0.25) is 5.41 Å². The Labute approximate surface area is 153 Å². The lowest BCUT2D eigenvalue weighted by molar-refractivity contribution is 0.231. The summed E-state index contributed by atoms with van der Waals surface area (Å²) in [5, 5.41) is 8.47. The molecule has 0 radical (unpaired) electrons. The van der Waals surface area contributed by atoms with Crippen molar-refractivity contribution in [2.24, 2.45) is 0 Å². The minimum absolute atomic E-state index is 0.0725. The normalized spacial score (nSPS) is 10.8. The molecule has 3 N–H and O–H groups in total. The van der Waals surface area contributed by atoms with Gasteiger partial charge >= 0.3 is 0 Å². The van der Waals surface area contributed by atoms with Crippen molar-refractivity contribution in [1.82, 2.24) is 9.97 Å². The second kappa shape index (κ2) is 8.60. The van der Waals surface area contributed by atoms with Crippen LogP contribution >= 0.6 is 0 Å². The first kappa shape index (κ1) is 19.6. The summed E-state index contributed by atoms with van der Waals surface area (Å²) in [4.78, 5) is 10.5. The maximum Gasteiger partial charge on any atom is 0.167 e. The number of unbranched alkanes of at least 4 members (excludes halogenated alkanes) is 1. The smallest absolute Gasteiger partial charge is 0.167 e. The lowest BCUT2D eigenvalue weighted by Gasteiger charge is -2.18. The maximum atomic E-state index is 14.0. The lowest BCUT2D eigenvalue weighted by Crippen LogP contribution is -2.20. The highest BCUT2D eigenvalue weighted by atomic mass is 19.1. The minimum atomic E-state index is -0.546. The molecule has 1 heterocycles. The Morgan fingerprint density at radius 2 is 2.04 bits per heavy atom. The van der Waals surface area contributed by atoms with E-state index in [4.69, 9.17) is 15.9 Å². The van der Waals surface area contributed by atoms with Gasteiger partial charge in [-0.05, 0) is 26.3 Å². The summed E-state index contributed by atoms with van der Waals surface area (Å²) in [6.45, 7) is 6.61. The highest BCUT2D eigenvalue weighted by Crippen LogP contribution is 2.27. The Morgan fingerprint density at radius 1 is 1.31 bits per heavy atom. The van der Waals surface area contributed by atoms with Crippen LogP contribution in [0.15, 0.2) is 24.5 Å². The molecular formula is C19H26FN5O. The number of benzene rings is 1. The number of ether oxygens (including phenoxy) is 1. The summed E-state index contributed by atoms with van der Waals surface area (Å²) in [6.07, 6.45) is 3.37. The van der Waals surface area contributed by atoms with Gasteiger partial charge in [0.25, 0.3) is 0 Å². The van der Waals surface area contributed by atoms with Gasteiger partial charge in [-0.25, -0.2) is 14.4 Å². The van der Waals surface area contributed by atoms with Crippen LogP contribution in [0, 0.1) is 11.2 Å². The Balaban J connectivity index is 2.34. The number of aromatic nitrogens is 2. The number of hydrogen-bond donors (Lipinski definition) is 2. The number of rotatable bonds is 8. The molecule has 0 unspecified atom stereocenters. The average Bonchev–Trinajstić information content (AvgIpc) is 2.61. The molecular weight excluding hydrogens is 333 g/mol. The predicted octanol–water partition coefficient (Wildman–Crippen LogP) is 3.64. The van der Waals surface area contributed by atoms with Gasteiger partial charge in [-0.15, -0.1) is 0 Å². The molecule has 140 valence electrons. The van der Waals surface area contributed by atoms with Gasteiger partial charge in [-0.2, -0.15) is 0 Å². The summed E-state index contributed by atoms with van der Waals surface area (Å²) < 4.78 is 19.5. The van der Waals surface area contributed by atoms with E-state index in [1.807, 2.05) is 25.8 Å². The van der Waals surface area contributed by atoms with E-state index in [0.29, 0.717) is 11.3 Å².